The first-order chi connectivity index (χ1) is 13.8. The van der Waals surface area contributed by atoms with Gasteiger partial charge >= 0.3 is 11.8 Å². The fraction of sp³-hybridized carbons (Fsp3) is 0.300. The molecule has 1 aliphatic heterocycles. The number of amides is 2. The monoisotopic (exact) mass is 417 g/mol. The van der Waals surface area contributed by atoms with Gasteiger partial charge in [0, 0.05) is 24.3 Å². The van der Waals surface area contributed by atoms with Crippen LogP contribution in [0.25, 0.3) is 0 Å². The van der Waals surface area contributed by atoms with Gasteiger partial charge in [-0.1, -0.05) is 24.3 Å². The molecule has 0 spiro atoms. The Balaban J connectivity index is 1.68. The zero-order valence-corrected chi connectivity index (χ0v) is 17.1. The van der Waals surface area contributed by atoms with Crippen LogP contribution >= 0.6 is 0 Å². The molecule has 3 rings (SSSR count). The Morgan fingerprint density at radius 2 is 1.90 bits per heavy atom. The van der Waals surface area contributed by atoms with E-state index in [4.69, 9.17) is 4.74 Å². The molecule has 1 fully saturated rings. The van der Waals surface area contributed by atoms with Crippen molar-refractivity contribution in [2.75, 3.05) is 29.0 Å². The fourth-order valence-electron chi connectivity index (χ4n) is 3.11. The molecule has 2 aromatic rings. The lowest BCUT2D eigenvalue weighted by Gasteiger charge is -2.19. The molecular weight excluding hydrogens is 394 g/mol. The lowest BCUT2D eigenvalue weighted by molar-refractivity contribution is -0.136. The Hall–Kier alpha value is -3.07. The summed E-state index contributed by atoms with van der Waals surface area (Å²) in [4.78, 5) is 24.5. The van der Waals surface area contributed by atoms with Gasteiger partial charge in [0.2, 0.25) is 10.0 Å². The molecule has 2 N–H and O–H groups in total. The second-order valence-corrected chi connectivity index (χ2v) is 8.70. The predicted molar refractivity (Wildman–Crippen MR) is 110 cm³/mol. The minimum atomic E-state index is -3.33. The number of rotatable bonds is 5. The molecule has 0 aromatic heterocycles. The molecule has 0 bridgehead atoms. The van der Waals surface area contributed by atoms with E-state index in [0.717, 1.165) is 11.1 Å². The number of ether oxygens (including phenoxy) is 1. The van der Waals surface area contributed by atoms with E-state index in [2.05, 4.69) is 10.6 Å². The number of aryl methyl sites for hydroxylation is 1. The smallest absolute Gasteiger partial charge is 0.313 e. The summed E-state index contributed by atoms with van der Waals surface area (Å²) in [6, 6.07) is 12.2. The molecule has 8 nitrogen and oxygen atoms in total. The summed E-state index contributed by atoms with van der Waals surface area (Å²) in [5.41, 5.74) is 2.32. The van der Waals surface area contributed by atoms with E-state index in [1.807, 2.05) is 12.1 Å². The van der Waals surface area contributed by atoms with Crippen LogP contribution in [0.4, 0.5) is 11.4 Å². The summed E-state index contributed by atoms with van der Waals surface area (Å²) in [5, 5.41) is 5.12. The number of nitrogens with zero attached hydrogens (tertiary/aromatic N) is 1. The molecule has 1 heterocycles. The van der Waals surface area contributed by atoms with E-state index in [1.54, 1.807) is 37.3 Å². The van der Waals surface area contributed by atoms with Gasteiger partial charge in [-0.05, 0) is 37.1 Å². The van der Waals surface area contributed by atoms with E-state index in [-0.39, 0.29) is 12.3 Å². The first-order valence-corrected chi connectivity index (χ1v) is 10.7. The van der Waals surface area contributed by atoms with Crippen molar-refractivity contribution in [3.8, 4) is 5.75 Å². The molecule has 29 heavy (non-hydrogen) atoms. The van der Waals surface area contributed by atoms with Crippen molar-refractivity contribution < 1.29 is 22.7 Å². The van der Waals surface area contributed by atoms with E-state index < -0.39 is 21.8 Å². The molecule has 9 heteroatoms. The lowest BCUT2D eigenvalue weighted by Crippen LogP contribution is -2.35. The molecule has 0 aliphatic carbocycles. The van der Waals surface area contributed by atoms with E-state index >= 15 is 0 Å². The van der Waals surface area contributed by atoms with Crippen LogP contribution in [0, 0.1) is 6.92 Å². The molecule has 154 valence electrons. The third kappa shape index (κ3) is 4.68. The third-order valence-electron chi connectivity index (χ3n) is 4.69. The van der Waals surface area contributed by atoms with E-state index in [1.165, 1.54) is 11.4 Å². The maximum absolute atomic E-state index is 12.3. The number of para-hydroxylation sites is 1. The number of hydrogen-bond acceptors (Lipinski definition) is 5. The van der Waals surface area contributed by atoms with Crippen LogP contribution in [0.3, 0.4) is 0 Å². The van der Waals surface area contributed by atoms with E-state index in [0.29, 0.717) is 30.1 Å². The number of sulfonamides is 1. The molecule has 2 aromatic carbocycles. The zero-order valence-electron chi connectivity index (χ0n) is 16.3. The van der Waals surface area contributed by atoms with Crippen LogP contribution in [0.15, 0.2) is 42.5 Å². The maximum Gasteiger partial charge on any atom is 0.313 e. The van der Waals surface area contributed by atoms with Gasteiger partial charge in [-0.15, -0.1) is 0 Å². The van der Waals surface area contributed by atoms with Gasteiger partial charge in [-0.3, -0.25) is 13.9 Å². The van der Waals surface area contributed by atoms with Crippen LogP contribution in [-0.2, 0) is 26.2 Å². The number of carbonyl (C=O) groups excluding carboxylic acids is 2. The SMILES string of the molecule is COc1ccccc1CNC(=O)C(=O)Nc1cc(N2CCCS2(=O)=O)ccc1C. The Bertz CT molecular complexity index is 1040. The second-order valence-electron chi connectivity index (χ2n) is 6.69. The topological polar surface area (TPSA) is 105 Å². The molecule has 0 unspecified atom stereocenters. The van der Waals surface area contributed by atoms with Crippen LogP contribution in [-0.4, -0.2) is 39.6 Å². The van der Waals surface area contributed by atoms with Crippen molar-refractivity contribution in [1.82, 2.24) is 5.32 Å². The van der Waals surface area contributed by atoms with Gasteiger partial charge < -0.3 is 15.4 Å². The van der Waals surface area contributed by atoms with Crippen LogP contribution in [0.5, 0.6) is 5.75 Å². The van der Waals surface area contributed by atoms with Crippen LogP contribution < -0.4 is 19.7 Å². The number of anilines is 2. The summed E-state index contributed by atoms with van der Waals surface area (Å²) in [6.07, 6.45) is 0.559. The van der Waals surface area contributed by atoms with Gasteiger partial charge in [-0.2, -0.15) is 0 Å². The zero-order chi connectivity index (χ0) is 21.0. The second kappa shape index (κ2) is 8.52. The number of nitrogens with one attached hydrogen (secondary N) is 2. The minimum absolute atomic E-state index is 0.105. The quantitative estimate of drug-likeness (QED) is 0.722. The van der Waals surface area contributed by atoms with Crippen molar-refractivity contribution in [3.63, 3.8) is 0 Å². The molecule has 0 saturated carbocycles. The Kier molecular flexibility index (Phi) is 6.07. The van der Waals surface area contributed by atoms with Crippen molar-refractivity contribution >= 4 is 33.2 Å². The third-order valence-corrected chi connectivity index (χ3v) is 6.56. The summed E-state index contributed by atoms with van der Waals surface area (Å²) in [7, 11) is -1.80. The number of methoxy groups -OCH3 is 1. The van der Waals surface area contributed by atoms with Crippen LogP contribution in [0.1, 0.15) is 17.5 Å². The molecule has 2 amide bonds. The van der Waals surface area contributed by atoms with Gasteiger partial charge in [0.05, 0.1) is 18.6 Å². The van der Waals surface area contributed by atoms with Crippen molar-refractivity contribution in [2.24, 2.45) is 0 Å². The molecule has 1 saturated heterocycles. The summed E-state index contributed by atoms with van der Waals surface area (Å²) in [5.74, 6) is -0.906. The standard InChI is InChI=1S/C20H23N3O5S/c1-14-8-9-16(23-10-5-11-29(23,26)27)12-17(14)22-20(25)19(24)21-13-15-6-3-4-7-18(15)28-2/h3-4,6-9,12H,5,10-11,13H2,1-2H3,(H,21,24)(H,22,25). The summed E-state index contributed by atoms with van der Waals surface area (Å²) >= 11 is 0. The van der Waals surface area contributed by atoms with Gasteiger partial charge in [0.1, 0.15) is 5.75 Å². The van der Waals surface area contributed by atoms with Gasteiger partial charge in [0.25, 0.3) is 0 Å². The number of benzene rings is 2. The Morgan fingerprint density at radius 3 is 2.59 bits per heavy atom. The van der Waals surface area contributed by atoms with Gasteiger partial charge in [-0.25, -0.2) is 8.42 Å². The minimum Gasteiger partial charge on any atom is -0.496 e. The predicted octanol–water partition coefficient (Wildman–Crippen LogP) is 1.80. The lowest BCUT2D eigenvalue weighted by atomic mass is 10.1. The summed E-state index contributed by atoms with van der Waals surface area (Å²) < 4.78 is 30.8. The number of carbonyl (C=O) groups is 2. The molecule has 0 radical (unpaired) electrons. The highest BCUT2D eigenvalue weighted by Gasteiger charge is 2.29. The number of hydrogen-bond donors (Lipinski definition) is 2. The fourth-order valence-corrected chi connectivity index (χ4v) is 4.67. The highest BCUT2D eigenvalue weighted by molar-refractivity contribution is 7.93. The molecular formula is C20H23N3O5S. The average Bonchev–Trinajstić information content (AvgIpc) is 3.06. The Morgan fingerprint density at radius 1 is 1.14 bits per heavy atom. The van der Waals surface area contributed by atoms with Gasteiger partial charge in [0.15, 0.2) is 0 Å². The highest BCUT2D eigenvalue weighted by Crippen LogP contribution is 2.28. The normalized spacial score (nSPS) is 15.0. The van der Waals surface area contributed by atoms with Crippen molar-refractivity contribution in [2.45, 2.75) is 19.9 Å². The van der Waals surface area contributed by atoms with E-state index in [9.17, 15) is 18.0 Å². The Labute approximate surface area is 169 Å². The van der Waals surface area contributed by atoms with Crippen molar-refractivity contribution in [1.29, 1.82) is 0 Å². The highest BCUT2D eigenvalue weighted by atomic mass is 32.2. The summed E-state index contributed by atoms with van der Waals surface area (Å²) in [6.45, 7) is 2.31. The first-order valence-electron chi connectivity index (χ1n) is 9.14. The molecule has 0 atom stereocenters. The van der Waals surface area contributed by atoms with Crippen LogP contribution in [0.2, 0.25) is 0 Å². The van der Waals surface area contributed by atoms with Crippen molar-refractivity contribution in [3.05, 3.63) is 53.6 Å². The first kappa shape index (κ1) is 20.7. The molecule has 1 aliphatic rings. The largest absolute Gasteiger partial charge is 0.496 e. The average molecular weight is 417 g/mol. The maximum atomic E-state index is 12.3.